The molecule has 1 unspecified atom stereocenters. The predicted molar refractivity (Wildman–Crippen MR) is 237 cm³/mol. The first kappa shape index (κ1) is 31.9. The van der Waals surface area contributed by atoms with E-state index in [4.69, 9.17) is 13.8 Å². The molecule has 1 aliphatic heterocycles. The van der Waals surface area contributed by atoms with Gasteiger partial charge in [-0.2, -0.15) is 0 Å². The van der Waals surface area contributed by atoms with Gasteiger partial charge in [0.2, 0.25) is 0 Å². The molecule has 9 aromatic carbocycles. The number of rotatable bonds is 4. The van der Waals surface area contributed by atoms with Gasteiger partial charge in [0.05, 0.1) is 11.7 Å². The van der Waals surface area contributed by atoms with Gasteiger partial charge in [0, 0.05) is 32.7 Å². The van der Waals surface area contributed by atoms with E-state index < -0.39 is 0 Å². The third-order valence-corrected chi connectivity index (χ3v) is 11.9. The number of nitrogens with zero attached hydrogens (tertiary/aromatic N) is 1. The molecule has 268 valence electrons. The van der Waals surface area contributed by atoms with E-state index in [1.165, 1.54) is 37.9 Å². The lowest BCUT2D eigenvalue weighted by molar-refractivity contribution is 0.669. The minimum atomic E-state index is -0.101. The van der Waals surface area contributed by atoms with Crippen molar-refractivity contribution in [3.63, 3.8) is 0 Å². The Bertz CT molecular complexity index is 3530. The van der Waals surface area contributed by atoms with E-state index in [9.17, 15) is 0 Å². The monoisotopic (exact) mass is 730 g/mol. The summed E-state index contributed by atoms with van der Waals surface area (Å²) in [4.78, 5) is 5.49. The molecule has 2 aromatic heterocycles. The Labute approximate surface area is 328 Å². The van der Waals surface area contributed by atoms with Crippen molar-refractivity contribution in [1.82, 2.24) is 5.32 Å². The van der Waals surface area contributed by atoms with Crippen molar-refractivity contribution in [2.45, 2.75) is 13.0 Å². The number of hydrogen-bond donors (Lipinski definition) is 1. The molecule has 0 amide bonds. The lowest BCUT2D eigenvalue weighted by Crippen LogP contribution is -2.33. The standard InChI is InChI=1S/C53H34N2O2/c1-31-51(39-22-20-32-10-2-4-12-34(32)26-39)54-53(40-23-21-33-11-3-5-13-35(33)27-40)55-52(31)42-17-9-19-47-50(42)43-29-38(24-25-45(43)56-47)41-16-8-18-46-49(41)44-28-36-14-6-7-15-37(36)30-48(44)57-46/h2-30,51H,1H3,(H,54,55). The summed E-state index contributed by atoms with van der Waals surface area (Å²) in [6.45, 7) is 2.21. The molecule has 1 aliphatic rings. The summed E-state index contributed by atoms with van der Waals surface area (Å²) in [6, 6.07) is 62.4. The molecule has 0 saturated heterocycles. The highest BCUT2D eigenvalue weighted by atomic mass is 16.3. The molecule has 0 aliphatic carbocycles. The van der Waals surface area contributed by atoms with E-state index in [0.717, 1.165) is 83.2 Å². The summed E-state index contributed by atoms with van der Waals surface area (Å²) in [5, 5.41) is 15.4. The zero-order chi connectivity index (χ0) is 37.6. The number of hydrogen-bond acceptors (Lipinski definition) is 4. The van der Waals surface area contributed by atoms with Crippen molar-refractivity contribution < 1.29 is 8.83 Å². The van der Waals surface area contributed by atoms with Crippen molar-refractivity contribution in [3.8, 4) is 11.1 Å². The van der Waals surface area contributed by atoms with Crippen molar-refractivity contribution in [1.29, 1.82) is 0 Å². The Kier molecular flexibility index (Phi) is 6.87. The van der Waals surface area contributed by atoms with Gasteiger partial charge in [-0.1, -0.05) is 127 Å². The molecule has 12 rings (SSSR count). The normalized spacial score (nSPS) is 14.8. The van der Waals surface area contributed by atoms with Crippen molar-refractivity contribution >= 4 is 87.7 Å². The average Bonchev–Trinajstić information content (AvgIpc) is 3.83. The smallest absolute Gasteiger partial charge is 0.136 e. The summed E-state index contributed by atoms with van der Waals surface area (Å²) < 4.78 is 13.1. The fourth-order valence-electron chi connectivity index (χ4n) is 9.04. The van der Waals surface area contributed by atoms with Crippen LogP contribution in [0.5, 0.6) is 0 Å². The van der Waals surface area contributed by atoms with E-state index in [2.05, 4.69) is 188 Å². The lowest BCUT2D eigenvalue weighted by atomic mass is 9.90. The number of nitrogens with one attached hydrogen (secondary N) is 1. The molecule has 3 heterocycles. The summed E-state index contributed by atoms with van der Waals surface area (Å²) in [6.07, 6.45) is 0. The number of aliphatic imine (C=N–C) groups is 1. The molecule has 4 nitrogen and oxygen atoms in total. The van der Waals surface area contributed by atoms with E-state index in [1.54, 1.807) is 0 Å². The van der Waals surface area contributed by atoms with Gasteiger partial charge in [-0.15, -0.1) is 0 Å². The van der Waals surface area contributed by atoms with Crippen LogP contribution in [0.1, 0.15) is 29.7 Å². The van der Waals surface area contributed by atoms with Crippen LogP contribution in [0.15, 0.2) is 195 Å². The van der Waals surface area contributed by atoms with Crippen molar-refractivity contribution in [2.24, 2.45) is 4.99 Å². The second-order valence-corrected chi connectivity index (χ2v) is 15.2. The van der Waals surface area contributed by atoms with Crippen molar-refractivity contribution in [3.05, 3.63) is 198 Å². The topological polar surface area (TPSA) is 50.7 Å². The zero-order valence-electron chi connectivity index (χ0n) is 31.1. The number of fused-ring (bicyclic) bond motifs is 9. The van der Waals surface area contributed by atoms with Gasteiger partial charge >= 0.3 is 0 Å². The highest BCUT2D eigenvalue weighted by molar-refractivity contribution is 6.18. The molecule has 11 aromatic rings. The molecule has 4 heteroatoms. The van der Waals surface area contributed by atoms with Crippen LogP contribution >= 0.6 is 0 Å². The Morgan fingerprint density at radius 2 is 1.02 bits per heavy atom. The summed E-state index contributed by atoms with van der Waals surface area (Å²) >= 11 is 0. The van der Waals surface area contributed by atoms with Crippen LogP contribution in [0.4, 0.5) is 0 Å². The van der Waals surface area contributed by atoms with Gasteiger partial charge in [0.1, 0.15) is 28.2 Å². The van der Waals surface area contributed by atoms with E-state index in [-0.39, 0.29) is 6.04 Å². The highest BCUT2D eigenvalue weighted by Gasteiger charge is 2.27. The van der Waals surface area contributed by atoms with Gasteiger partial charge in [-0.25, -0.2) is 4.99 Å². The fraction of sp³-hybridized carbons (Fsp3) is 0.0377. The molecule has 0 bridgehead atoms. The van der Waals surface area contributed by atoms with Gasteiger partial charge in [-0.3, -0.25) is 0 Å². The molecule has 0 saturated carbocycles. The van der Waals surface area contributed by atoms with Gasteiger partial charge in [0.25, 0.3) is 0 Å². The Morgan fingerprint density at radius 1 is 0.439 bits per heavy atom. The second kappa shape index (κ2) is 12.3. The largest absolute Gasteiger partial charge is 0.456 e. The maximum absolute atomic E-state index is 6.62. The summed E-state index contributed by atoms with van der Waals surface area (Å²) in [7, 11) is 0. The molecule has 0 radical (unpaired) electrons. The second-order valence-electron chi connectivity index (χ2n) is 15.2. The zero-order valence-corrected chi connectivity index (χ0v) is 31.1. The van der Waals surface area contributed by atoms with E-state index >= 15 is 0 Å². The summed E-state index contributed by atoms with van der Waals surface area (Å²) in [5.41, 5.74) is 11.1. The molecule has 1 N–H and O–H groups in total. The third-order valence-electron chi connectivity index (χ3n) is 11.9. The van der Waals surface area contributed by atoms with Crippen molar-refractivity contribution in [2.75, 3.05) is 0 Å². The fourth-order valence-corrected chi connectivity index (χ4v) is 9.04. The number of benzene rings is 9. The van der Waals surface area contributed by atoms with Crippen LogP contribution < -0.4 is 5.32 Å². The maximum Gasteiger partial charge on any atom is 0.136 e. The first-order valence-electron chi connectivity index (χ1n) is 19.5. The first-order valence-corrected chi connectivity index (χ1v) is 19.5. The number of amidine groups is 1. The van der Waals surface area contributed by atoms with Gasteiger partial charge < -0.3 is 14.2 Å². The predicted octanol–water partition coefficient (Wildman–Crippen LogP) is 14.1. The van der Waals surface area contributed by atoms with Crippen LogP contribution in [0.3, 0.4) is 0 Å². The average molecular weight is 731 g/mol. The van der Waals surface area contributed by atoms with E-state index in [0.29, 0.717) is 0 Å². The van der Waals surface area contributed by atoms with E-state index in [1.807, 2.05) is 0 Å². The lowest BCUT2D eigenvalue weighted by Gasteiger charge is -2.29. The van der Waals surface area contributed by atoms with Crippen LogP contribution in [-0.2, 0) is 0 Å². The maximum atomic E-state index is 6.62. The quantitative estimate of drug-likeness (QED) is 0.196. The van der Waals surface area contributed by atoms with Crippen LogP contribution in [0.25, 0.3) is 93.0 Å². The molecule has 0 fully saturated rings. The van der Waals surface area contributed by atoms with Gasteiger partial charge in [-0.05, 0) is 110 Å². The third kappa shape index (κ3) is 5.04. The molecule has 1 atom stereocenters. The van der Waals surface area contributed by atoms with Gasteiger partial charge in [0.15, 0.2) is 0 Å². The molecular weight excluding hydrogens is 697 g/mol. The molecule has 57 heavy (non-hydrogen) atoms. The Balaban J connectivity index is 1.07. The van der Waals surface area contributed by atoms with Crippen LogP contribution in [0, 0.1) is 0 Å². The van der Waals surface area contributed by atoms with Crippen LogP contribution in [0.2, 0.25) is 0 Å². The minimum Gasteiger partial charge on any atom is -0.456 e. The Hall–Kier alpha value is -7.43. The number of furan rings is 2. The Morgan fingerprint density at radius 3 is 1.77 bits per heavy atom. The van der Waals surface area contributed by atoms with Crippen LogP contribution in [-0.4, -0.2) is 5.84 Å². The summed E-state index contributed by atoms with van der Waals surface area (Å²) in [5.74, 6) is 0.844. The molecule has 0 spiro atoms. The first-order chi connectivity index (χ1) is 28.1. The highest BCUT2D eigenvalue weighted by Crippen LogP contribution is 2.44. The SMILES string of the molecule is CC1=C(c2cccc3oc4ccc(-c5cccc6oc7cc8ccccc8cc7c56)cc4c23)N=C(c2ccc3ccccc3c2)NC1c1ccc2ccccc2c1. The minimum absolute atomic E-state index is 0.101. The molecular formula is C53H34N2O2.